The van der Waals surface area contributed by atoms with Crippen molar-refractivity contribution in [2.75, 3.05) is 19.0 Å². The maximum atomic E-state index is 12.6. The van der Waals surface area contributed by atoms with Crippen molar-refractivity contribution in [1.82, 2.24) is 0 Å². The molecule has 0 aliphatic rings. The first-order chi connectivity index (χ1) is 14.3. The summed E-state index contributed by atoms with van der Waals surface area (Å²) in [5, 5.41) is 8.62. The number of carbonyl (C=O) groups excluding carboxylic acids is 2. The Morgan fingerprint density at radius 1 is 1.17 bits per heavy atom. The number of esters is 1. The Kier molecular flexibility index (Phi) is 12.6. The van der Waals surface area contributed by atoms with Crippen molar-refractivity contribution in [2.24, 2.45) is 5.41 Å². The first-order valence-electron chi connectivity index (χ1n) is 9.68. The van der Waals surface area contributed by atoms with E-state index in [1.54, 1.807) is 17.7 Å². The molecule has 0 aromatic heterocycles. The standard InChI is InChI=1S/C21H30O7S2/c1-4-16(2)28-14-21(3,13-26-15-22)20(25)27-11-17-5-7-18(8-6-17)12-30-29-10-9-19(23)24/h5-8,15-16H,4,9-14H2,1-3H3,(H,23,24). The van der Waals surface area contributed by atoms with Crippen LogP contribution in [0.15, 0.2) is 24.3 Å². The number of rotatable bonds is 16. The van der Waals surface area contributed by atoms with Crippen molar-refractivity contribution in [1.29, 1.82) is 0 Å². The van der Waals surface area contributed by atoms with Crippen LogP contribution in [0, 0.1) is 5.41 Å². The zero-order chi connectivity index (χ0) is 22.4. The highest BCUT2D eigenvalue weighted by Crippen LogP contribution is 2.27. The molecule has 2 atom stereocenters. The normalized spacial score (nSPS) is 13.8. The predicted octanol–water partition coefficient (Wildman–Crippen LogP) is 4.08. The molecule has 30 heavy (non-hydrogen) atoms. The number of aliphatic carboxylic acids is 1. The molecule has 0 fully saturated rings. The van der Waals surface area contributed by atoms with Gasteiger partial charge in [-0.25, -0.2) is 0 Å². The van der Waals surface area contributed by atoms with Gasteiger partial charge in [0, 0.05) is 11.5 Å². The van der Waals surface area contributed by atoms with E-state index in [-0.39, 0.29) is 32.3 Å². The fraction of sp³-hybridized carbons (Fsp3) is 0.571. The Morgan fingerprint density at radius 2 is 1.83 bits per heavy atom. The van der Waals surface area contributed by atoms with Crippen LogP contribution in [0.2, 0.25) is 0 Å². The molecule has 7 nitrogen and oxygen atoms in total. The van der Waals surface area contributed by atoms with Crippen LogP contribution in [0.4, 0.5) is 0 Å². The maximum Gasteiger partial charge on any atom is 0.317 e. The van der Waals surface area contributed by atoms with Gasteiger partial charge in [-0.05, 0) is 31.4 Å². The second kappa shape index (κ2) is 14.3. The predicted molar refractivity (Wildman–Crippen MR) is 118 cm³/mol. The summed E-state index contributed by atoms with van der Waals surface area (Å²) in [5.41, 5.74) is 0.870. The van der Waals surface area contributed by atoms with Gasteiger partial charge in [0.15, 0.2) is 0 Å². The van der Waals surface area contributed by atoms with E-state index in [4.69, 9.17) is 19.3 Å². The van der Waals surface area contributed by atoms with Crippen LogP contribution in [0.3, 0.4) is 0 Å². The highest BCUT2D eigenvalue weighted by Gasteiger charge is 2.37. The van der Waals surface area contributed by atoms with Gasteiger partial charge in [0.05, 0.1) is 19.1 Å². The minimum absolute atomic E-state index is 0.0129. The molecule has 0 amide bonds. The zero-order valence-electron chi connectivity index (χ0n) is 17.6. The van der Waals surface area contributed by atoms with E-state index in [2.05, 4.69) is 0 Å². The van der Waals surface area contributed by atoms with Crippen LogP contribution in [0.5, 0.6) is 0 Å². The number of ether oxygens (including phenoxy) is 3. The van der Waals surface area contributed by atoms with E-state index in [1.165, 1.54) is 10.8 Å². The molecule has 168 valence electrons. The van der Waals surface area contributed by atoms with Crippen molar-refractivity contribution >= 4 is 40.0 Å². The molecule has 0 bridgehead atoms. The van der Waals surface area contributed by atoms with Crippen molar-refractivity contribution in [3.63, 3.8) is 0 Å². The summed E-state index contributed by atoms with van der Waals surface area (Å²) in [5.74, 6) is 0.0594. The molecular formula is C21H30O7S2. The zero-order valence-corrected chi connectivity index (χ0v) is 19.3. The van der Waals surface area contributed by atoms with Gasteiger partial charge in [-0.3, -0.25) is 14.4 Å². The lowest BCUT2D eigenvalue weighted by Gasteiger charge is -2.27. The van der Waals surface area contributed by atoms with Crippen LogP contribution in [-0.2, 0) is 41.0 Å². The first-order valence-corrected chi connectivity index (χ1v) is 12.2. The molecule has 0 saturated carbocycles. The van der Waals surface area contributed by atoms with Crippen molar-refractivity contribution in [2.45, 2.75) is 52.1 Å². The Bertz CT molecular complexity index is 666. The lowest BCUT2D eigenvalue weighted by molar-refractivity contribution is -0.167. The van der Waals surface area contributed by atoms with E-state index in [0.717, 1.165) is 23.3 Å². The minimum atomic E-state index is -1.08. The van der Waals surface area contributed by atoms with E-state index < -0.39 is 17.4 Å². The third-order valence-corrected chi connectivity index (χ3v) is 6.67. The van der Waals surface area contributed by atoms with Crippen LogP contribution >= 0.6 is 21.6 Å². The second-order valence-electron chi connectivity index (χ2n) is 7.12. The second-order valence-corrected chi connectivity index (χ2v) is 9.70. The van der Waals surface area contributed by atoms with Gasteiger partial charge < -0.3 is 19.3 Å². The summed E-state index contributed by atoms with van der Waals surface area (Å²) < 4.78 is 16.0. The highest BCUT2D eigenvalue weighted by atomic mass is 33.1. The summed E-state index contributed by atoms with van der Waals surface area (Å²) in [6.45, 7) is 5.97. The minimum Gasteiger partial charge on any atom is -0.481 e. The van der Waals surface area contributed by atoms with E-state index in [0.29, 0.717) is 12.2 Å². The van der Waals surface area contributed by atoms with Gasteiger partial charge in [0.2, 0.25) is 0 Å². The average Bonchev–Trinajstić information content (AvgIpc) is 2.74. The van der Waals surface area contributed by atoms with Gasteiger partial charge in [-0.1, -0.05) is 52.8 Å². The summed E-state index contributed by atoms with van der Waals surface area (Å²) in [7, 11) is 3.13. The number of hydrogen-bond acceptors (Lipinski definition) is 8. The lowest BCUT2D eigenvalue weighted by atomic mass is 9.93. The van der Waals surface area contributed by atoms with E-state index >= 15 is 0 Å². The molecule has 0 heterocycles. The Morgan fingerprint density at radius 3 is 2.43 bits per heavy atom. The molecule has 0 aliphatic heterocycles. The molecule has 9 heteroatoms. The fourth-order valence-electron chi connectivity index (χ4n) is 2.17. The number of benzene rings is 1. The molecular weight excluding hydrogens is 428 g/mol. The Balaban J connectivity index is 2.51. The molecule has 0 spiro atoms. The summed E-state index contributed by atoms with van der Waals surface area (Å²) in [6, 6.07) is 7.68. The van der Waals surface area contributed by atoms with Gasteiger partial charge in [0.1, 0.15) is 18.6 Å². The molecule has 1 rings (SSSR count). The smallest absolute Gasteiger partial charge is 0.317 e. The van der Waals surface area contributed by atoms with Crippen molar-refractivity contribution in [3.8, 4) is 0 Å². The van der Waals surface area contributed by atoms with Gasteiger partial charge in [-0.15, -0.1) is 0 Å². The molecule has 1 aromatic carbocycles. The number of carboxylic acid groups (broad SMARTS) is 1. The van der Waals surface area contributed by atoms with Gasteiger partial charge in [0.25, 0.3) is 6.47 Å². The highest BCUT2D eigenvalue weighted by molar-refractivity contribution is 8.76. The Hall–Kier alpha value is -1.71. The van der Waals surface area contributed by atoms with Crippen LogP contribution in [-0.4, -0.2) is 48.6 Å². The van der Waals surface area contributed by atoms with E-state index in [1.807, 2.05) is 38.1 Å². The average molecular weight is 459 g/mol. The lowest BCUT2D eigenvalue weighted by Crippen LogP contribution is -2.39. The summed E-state index contributed by atoms with van der Waals surface area (Å²) in [4.78, 5) is 33.7. The van der Waals surface area contributed by atoms with Crippen molar-refractivity contribution in [3.05, 3.63) is 35.4 Å². The van der Waals surface area contributed by atoms with Crippen LogP contribution in [0.1, 0.15) is 44.7 Å². The van der Waals surface area contributed by atoms with Crippen LogP contribution in [0.25, 0.3) is 0 Å². The third-order valence-electron chi connectivity index (χ3n) is 4.33. The topological polar surface area (TPSA) is 99.1 Å². The van der Waals surface area contributed by atoms with E-state index in [9.17, 15) is 14.4 Å². The number of carbonyl (C=O) groups is 3. The molecule has 1 aromatic rings. The Labute approximate surface area is 185 Å². The van der Waals surface area contributed by atoms with Crippen molar-refractivity contribution < 1.29 is 33.7 Å². The monoisotopic (exact) mass is 458 g/mol. The quantitative estimate of drug-likeness (QED) is 0.170. The summed E-state index contributed by atoms with van der Waals surface area (Å²) in [6.07, 6.45) is 0.949. The largest absolute Gasteiger partial charge is 0.481 e. The first kappa shape index (κ1) is 26.3. The maximum absolute atomic E-state index is 12.6. The molecule has 0 aliphatic carbocycles. The molecule has 1 N–H and O–H groups in total. The fourth-order valence-corrected chi connectivity index (χ4v) is 4.22. The van der Waals surface area contributed by atoms with Gasteiger partial charge in [-0.2, -0.15) is 0 Å². The SMILES string of the molecule is CCC(C)OCC(C)(COC=O)C(=O)OCc1ccc(CSSCCC(=O)O)cc1. The molecule has 0 radical (unpaired) electrons. The third kappa shape index (κ3) is 10.4. The molecule has 0 saturated heterocycles. The number of carboxylic acids is 1. The van der Waals surface area contributed by atoms with Crippen LogP contribution < -0.4 is 0 Å². The number of hydrogen-bond donors (Lipinski definition) is 1. The van der Waals surface area contributed by atoms with Gasteiger partial charge >= 0.3 is 11.9 Å². The summed E-state index contributed by atoms with van der Waals surface area (Å²) >= 11 is 0. The molecule has 2 unspecified atom stereocenters.